The summed E-state index contributed by atoms with van der Waals surface area (Å²) in [4.78, 5) is 26.3. The maximum Gasteiger partial charge on any atom is 0.471 e. The molecular formula is C23H23F3N4O2. The van der Waals surface area contributed by atoms with Gasteiger partial charge in [-0.3, -0.25) is 9.78 Å². The second-order valence-electron chi connectivity index (χ2n) is 9.56. The Labute approximate surface area is 182 Å². The van der Waals surface area contributed by atoms with E-state index in [0.717, 1.165) is 21.7 Å². The Hall–Kier alpha value is -2.97. The number of rotatable bonds is 1. The zero-order chi connectivity index (χ0) is 23.1. The van der Waals surface area contributed by atoms with Gasteiger partial charge in [0.15, 0.2) is 5.58 Å². The molecule has 0 unspecified atom stereocenters. The SMILES string of the molecule is Cc1cnc(-c2nc3cc4c(cc3o2)[C@]2(C)CCN(C(=O)C(F)(F)F)[C@H](C4)C2(C)C)cn1. The van der Waals surface area contributed by atoms with Crippen molar-refractivity contribution in [3.8, 4) is 11.6 Å². The summed E-state index contributed by atoms with van der Waals surface area (Å²) in [5.74, 6) is -1.42. The number of carbonyl (C=O) groups excluding carboxylic acids is 1. The topological polar surface area (TPSA) is 72.1 Å². The van der Waals surface area contributed by atoms with Crippen molar-refractivity contribution in [2.24, 2.45) is 5.41 Å². The van der Waals surface area contributed by atoms with Crippen molar-refractivity contribution in [2.75, 3.05) is 6.54 Å². The van der Waals surface area contributed by atoms with Gasteiger partial charge < -0.3 is 9.32 Å². The number of alkyl halides is 3. The van der Waals surface area contributed by atoms with Crippen molar-refractivity contribution >= 4 is 17.0 Å². The fourth-order valence-electron chi connectivity index (χ4n) is 5.35. The lowest BCUT2D eigenvalue weighted by Gasteiger charge is -2.60. The average molecular weight is 444 g/mol. The minimum atomic E-state index is -4.88. The summed E-state index contributed by atoms with van der Waals surface area (Å²) in [6, 6.07) is 3.28. The lowest BCUT2D eigenvalue weighted by molar-refractivity contribution is -0.195. The number of aromatic nitrogens is 3. The highest BCUT2D eigenvalue weighted by Crippen LogP contribution is 2.57. The Balaban J connectivity index is 1.62. The molecule has 3 aromatic rings. The van der Waals surface area contributed by atoms with Crippen LogP contribution in [0.2, 0.25) is 0 Å². The van der Waals surface area contributed by atoms with Crippen LogP contribution >= 0.6 is 0 Å². The Kier molecular flexibility index (Phi) is 4.26. The molecule has 2 aromatic heterocycles. The molecular weight excluding hydrogens is 421 g/mol. The fraction of sp³-hybridized carbons (Fsp3) is 0.478. The number of nitrogens with zero attached hydrogens (tertiary/aromatic N) is 4. The van der Waals surface area contributed by atoms with Crippen molar-refractivity contribution < 1.29 is 22.4 Å². The number of hydrogen-bond acceptors (Lipinski definition) is 5. The number of aryl methyl sites for hydroxylation is 1. The van der Waals surface area contributed by atoms with Crippen LogP contribution in [0.4, 0.5) is 13.2 Å². The molecule has 9 heteroatoms. The third kappa shape index (κ3) is 2.86. The summed E-state index contributed by atoms with van der Waals surface area (Å²) < 4.78 is 45.8. The molecule has 2 atom stereocenters. The first kappa shape index (κ1) is 20.9. The van der Waals surface area contributed by atoms with Gasteiger partial charge in [0.1, 0.15) is 11.2 Å². The molecule has 1 saturated heterocycles. The smallest absolute Gasteiger partial charge is 0.435 e. The number of piperidine rings is 1. The van der Waals surface area contributed by atoms with E-state index in [9.17, 15) is 18.0 Å². The Morgan fingerprint density at radius 1 is 1.19 bits per heavy atom. The van der Waals surface area contributed by atoms with Crippen LogP contribution in [0.3, 0.4) is 0 Å². The molecule has 1 fully saturated rings. The number of benzene rings is 1. The van der Waals surface area contributed by atoms with Crippen molar-refractivity contribution in [1.29, 1.82) is 0 Å². The van der Waals surface area contributed by atoms with Crippen molar-refractivity contribution in [2.45, 2.75) is 58.2 Å². The maximum absolute atomic E-state index is 13.3. The minimum absolute atomic E-state index is 0.0705. The van der Waals surface area contributed by atoms with E-state index in [1.165, 1.54) is 0 Å². The molecule has 1 aromatic carbocycles. The molecule has 0 spiro atoms. The van der Waals surface area contributed by atoms with Gasteiger partial charge in [-0.2, -0.15) is 13.2 Å². The molecule has 0 radical (unpaired) electrons. The molecule has 0 saturated carbocycles. The molecule has 168 valence electrons. The maximum atomic E-state index is 13.3. The average Bonchev–Trinajstić information content (AvgIpc) is 3.12. The van der Waals surface area contributed by atoms with Gasteiger partial charge in [-0.1, -0.05) is 20.8 Å². The highest BCUT2D eigenvalue weighted by atomic mass is 19.4. The summed E-state index contributed by atoms with van der Waals surface area (Å²) in [5.41, 5.74) is 3.47. The summed E-state index contributed by atoms with van der Waals surface area (Å²) in [6.45, 7) is 7.88. The van der Waals surface area contributed by atoms with Crippen LogP contribution < -0.4 is 0 Å². The molecule has 1 amide bonds. The van der Waals surface area contributed by atoms with Crippen molar-refractivity contribution in [3.63, 3.8) is 0 Å². The van der Waals surface area contributed by atoms with Crippen LogP contribution in [0.5, 0.6) is 0 Å². The van der Waals surface area contributed by atoms with E-state index in [0.29, 0.717) is 35.5 Å². The van der Waals surface area contributed by atoms with Crippen LogP contribution in [0.15, 0.2) is 28.9 Å². The second-order valence-corrected chi connectivity index (χ2v) is 9.56. The van der Waals surface area contributed by atoms with Gasteiger partial charge in [0.2, 0.25) is 5.89 Å². The van der Waals surface area contributed by atoms with Gasteiger partial charge in [0.25, 0.3) is 0 Å². The van der Waals surface area contributed by atoms with Crippen molar-refractivity contribution in [1.82, 2.24) is 19.9 Å². The monoisotopic (exact) mass is 444 g/mol. The molecule has 6 nitrogen and oxygen atoms in total. The van der Waals surface area contributed by atoms with Crippen LogP contribution in [0.25, 0.3) is 22.7 Å². The van der Waals surface area contributed by atoms with Gasteiger partial charge >= 0.3 is 12.1 Å². The largest absolute Gasteiger partial charge is 0.471 e. The number of carbonyl (C=O) groups is 1. The fourth-order valence-corrected chi connectivity index (χ4v) is 5.35. The first-order valence-corrected chi connectivity index (χ1v) is 10.5. The lowest BCUT2D eigenvalue weighted by Crippen LogP contribution is -2.66. The van der Waals surface area contributed by atoms with E-state index < -0.39 is 29.0 Å². The molecule has 2 aliphatic rings. The normalized spacial score (nSPS) is 24.5. The molecule has 0 N–H and O–H groups in total. The molecule has 5 rings (SSSR count). The highest BCUT2D eigenvalue weighted by Gasteiger charge is 2.59. The number of hydrogen-bond donors (Lipinski definition) is 0. The quantitative estimate of drug-likeness (QED) is 0.549. The number of fused-ring (bicyclic) bond motifs is 5. The highest BCUT2D eigenvalue weighted by molar-refractivity contribution is 5.83. The van der Waals surface area contributed by atoms with E-state index in [-0.39, 0.29) is 6.54 Å². The number of oxazole rings is 1. The predicted molar refractivity (Wildman–Crippen MR) is 111 cm³/mol. The van der Waals surface area contributed by atoms with Gasteiger partial charge in [-0.05, 0) is 48.4 Å². The van der Waals surface area contributed by atoms with E-state index >= 15 is 0 Å². The van der Waals surface area contributed by atoms with Crippen LogP contribution in [-0.2, 0) is 16.6 Å². The van der Waals surface area contributed by atoms with E-state index in [4.69, 9.17) is 4.42 Å². The molecule has 32 heavy (non-hydrogen) atoms. The molecule has 3 heterocycles. The van der Waals surface area contributed by atoms with E-state index in [1.54, 1.807) is 12.4 Å². The van der Waals surface area contributed by atoms with Crippen LogP contribution in [-0.4, -0.2) is 44.5 Å². The number of likely N-dealkylation sites (tertiary alicyclic amines) is 1. The van der Waals surface area contributed by atoms with Gasteiger partial charge in [-0.25, -0.2) is 9.97 Å². The predicted octanol–water partition coefficient (Wildman–Crippen LogP) is 4.60. The Bertz CT molecular complexity index is 1230. The molecule has 2 bridgehead atoms. The van der Waals surface area contributed by atoms with Crippen LogP contribution in [0, 0.1) is 12.3 Å². The summed E-state index contributed by atoms with van der Waals surface area (Å²) in [7, 11) is 0. The number of halogens is 3. The summed E-state index contributed by atoms with van der Waals surface area (Å²) in [5, 5.41) is 0. The Morgan fingerprint density at radius 2 is 1.94 bits per heavy atom. The number of amides is 1. The van der Waals surface area contributed by atoms with Gasteiger partial charge in [-0.15, -0.1) is 0 Å². The Morgan fingerprint density at radius 3 is 2.59 bits per heavy atom. The standard InChI is InChI=1S/C23H23F3N4O2/c1-12-10-28-16(11-27-12)19-29-15-7-13-8-18-21(2,3)22(4,14(13)9-17(15)32-19)5-6-30(18)20(31)23(24,25)26/h7,9-11,18H,5-6,8H2,1-4H3/t18-,22+/m1/s1. The minimum Gasteiger partial charge on any atom is -0.435 e. The zero-order valence-electron chi connectivity index (χ0n) is 18.2. The zero-order valence-corrected chi connectivity index (χ0v) is 18.2. The van der Waals surface area contributed by atoms with E-state index in [1.807, 2.05) is 32.9 Å². The first-order chi connectivity index (χ1) is 14.9. The summed E-state index contributed by atoms with van der Waals surface area (Å²) >= 11 is 0. The molecule has 1 aliphatic heterocycles. The second kappa shape index (κ2) is 6.52. The van der Waals surface area contributed by atoms with Gasteiger partial charge in [0, 0.05) is 24.2 Å². The third-order valence-electron chi connectivity index (χ3n) is 7.61. The van der Waals surface area contributed by atoms with E-state index in [2.05, 4.69) is 21.9 Å². The first-order valence-electron chi connectivity index (χ1n) is 10.5. The van der Waals surface area contributed by atoms with Crippen LogP contribution in [0.1, 0.15) is 44.0 Å². The van der Waals surface area contributed by atoms with Gasteiger partial charge in [0.05, 0.1) is 11.9 Å². The molecule has 1 aliphatic carbocycles. The van der Waals surface area contributed by atoms with Crippen molar-refractivity contribution in [3.05, 3.63) is 41.3 Å². The third-order valence-corrected chi connectivity index (χ3v) is 7.61. The lowest BCUT2D eigenvalue weighted by atomic mass is 9.51. The summed E-state index contributed by atoms with van der Waals surface area (Å²) in [6.07, 6.45) is -0.889.